The standard InChI is InChI=1S/C10H14N2O4/c1-11-5-3-2-4-8(13)12-7-6-9(14)16-10(7)15/h7H,1-6H2,(H,12,13). The summed E-state index contributed by atoms with van der Waals surface area (Å²) in [6, 6.07) is -0.808. The first-order valence-electron chi connectivity index (χ1n) is 5.10. The van der Waals surface area contributed by atoms with Crippen molar-refractivity contribution in [2.45, 2.75) is 31.7 Å². The number of carbonyl (C=O) groups is 3. The number of aliphatic imine (C=N–C) groups is 1. The van der Waals surface area contributed by atoms with Crippen LogP contribution in [0.4, 0.5) is 0 Å². The highest BCUT2D eigenvalue weighted by Crippen LogP contribution is 2.08. The van der Waals surface area contributed by atoms with Crippen LogP contribution in [-0.2, 0) is 19.1 Å². The Morgan fingerprint density at radius 1 is 1.50 bits per heavy atom. The molecule has 0 bridgehead atoms. The number of hydrogen-bond acceptors (Lipinski definition) is 5. The van der Waals surface area contributed by atoms with Crippen LogP contribution in [-0.4, -0.2) is 37.1 Å². The zero-order valence-electron chi connectivity index (χ0n) is 8.90. The molecule has 1 unspecified atom stereocenters. The van der Waals surface area contributed by atoms with Crippen molar-refractivity contribution < 1.29 is 19.1 Å². The highest BCUT2D eigenvalue weighted by molar-refractivity contribution is 5.98. The second-order valence-corrected chi connectivity index (χ2v) is 3.52. The molecule has 0 aromatic carbocycles. The number of carbonyl (C=O) groups excluding carboxylic acids is 3. The molecule has 1 atom stereocenters. The molecule has 6 nitrogen and oxygen atoms in total. The summed E-state index contributed by atoms with van der Waals surface area (Å²) < 4.78 is 4.30. The highest BCUT2D eigenvalue weighted by atomic mass is 16.6. The Labute approximate surface area is 93.1 Å². The molecule has 1 heterocycles. The average molecular weight is 226 g/mol. The minimum absolute atomic E-state index is 0.0706. The van der Waals surface area contributed by atoms with Crippen LogP contribution in [0.25, 0.3) is 0 Å². The molecule has 0 spiro atoms. The maximum Gasteiger partial charge on any atom is 0.336 e. The van der Waals surface area contributed by atoms with E-state index in [-0.39, 0.29) is 12.3 Å². The topological polar surface area (TPSA) is 84.8 Å². The first-order chi connectivity index (χ1) is 7.63. The molecule has 1 amide bonds. The Morgan fingerprint density at radius 3 is 2.81 bits per heavy atom. The molecular weight excluding hydrogens is 212 g/mol. The first-order valence-corrected chi connectivity index (χ1v) is 5.10. The number of rotatable bonds is 6. The van der Waals surface area contributed by atoms with Gasteiger partial charge < -0.3 is 15.0 Å². The summed E-state index contributed by atoms with van der Waals surface area (Å²) in [6.07, 6.45) is 1.71. The molecule has 1 aliphatic heterocycles. The summed E-state index contributed by atoms with van der Waals surface area (Å²) in [7, 11) is 0. The molecular formula is C10H14N2O4. The largest absolute Gasteiger partial charge is 0.392 e. The lowest BCUT2D eigenvalue weighted by Crippen LogP contribution is -2.37. The van der Waals surface area contributed by atoms with Crippen LogP contribution in [0.15, 0.2) is 4.99 Å². The normalized spacial score (nSPS) is 19.4. The van der Waals surface area contributed by atoms with E-state index in [0.29, 0.717) is 19.4 Å². The van der Waals surface area contributed by atoms with E-state index >= 15 is 0 Å². The quantitative estimate of drug-likeness (QED) is 0.294. The fraction of sp³-hybridized carbons (Fsp3) is 0.600. The summed E-state index contributed by atoms with van der Waals surface area (Å²) >= 11 is 0. The SMILES string of the molecule is C=NCCCCC(=O)NC1CC(=O)OC1=O. The van der Waals surface area contributed by atoms with E-state index in [1.54, 1.807) is 0 Å². The molecule has 0 radical (unpaired) electrons. The van der Waals surface area contributed by atoms with E-state index in [0.717, 1.165) is 6.42 Å². The van der Waals surface area contributed by atoms with E-state index in [2.05, 4.69) is 21.8 Å². The number of nitrogens with one attached hydrogen (secondary N) is 1. The number of cyclic esters (lactones) is 2. The van der Waals surface area contributed by atoms with Gasteiger partial charge >= 0.3 is 11.9 Å². The van der Waals surface area contributed by atoms with Crippen molar-refractivity contribution in [3.05, 3.63) is 0 Å². The number of nitrogens with zero attached hydrogens (tertiary/aromatic N) is 1. The van der Waals surface area contributed by atoms with Crippen LogP contribution in [0, 0.1) is 0 Å². The summed E-state index contributed by atoms with van der Waals surface area (Å²) in [5.74, 6) is -1.52. The number of amides is 1. The van der Waals surface area contributed by atoms with Crippen molar-refractivity contribution in [2.75, 3.05) is 6.54 Å². The molecule has 0 aliphatic carbocycles. The number of unbranched alkanes of at least 4 members (excludes halogenated alkanes) is 1. The maximum absolute atomic E-state index is 11.3. The molecule has 1 rings (SSSR count). The lowest BCUT2D eigenvalue weighted by atomic mass is 10.2. The Morgan fingerprint density at radius 2 is 2.25 bits per heavy atom. The predicted molar refractivity (Wildman–Crippen MR) is 55.9 cm³/mol. The minimum Gasteiger partial charge on any atom is -0.392 e. The van der Waals surface area contributed by atoms with Crippen molar-refractivity contribution in [2.24, 2.45) is 4.99 Å². The Kier molecular flexibility index (Phi) is 4.63. The summed E-state index contributed by atoms with van der Waals surface area (Å²) in [6.45, 7) is 3.95. The first kappa shape index (κ1) is 12.4. The summed E-state index contributed by atoms with van der Waals surface area (Å²) in [5.41, 5.74) is 0. The van der Waals surface area contributed by atoms with E-state index in [1.807, 2.05) is 0 Å². The third-order valence-electron chi connectivity index (χ3n) is 2.18. The van der Waals surface area contributed by atoms with Gasteiger partial charge in [0.25, 0.3) is 0 Å². The Balaban J connectivity index is 2.21. The van der Waals surface area contributed by atoms with Crippen molar-refractivity contribution in [3.8, 4) is 0 Å². The van der Waals surface area contributed by atoms with Gasteiger partial charge in [0, 0.05) is 13.0 Å². The van der Waals surface area contributed by atoms with Crippen molar-refractivity contribution in [1.82, 2.24) is 5.32 Å². The third kappa shape index (κ3) is 3.80. The van der Waals surface area contributed by atoms with Gasteiger partial charge in [-0.2, -0.15) is 0 Å². The van der Waals surface area contributed by atoms with Crippen LogP contribution in [0.2, 0.25) is 0 Å². The zero-order chi connectivity index (χ0) is 12.0. The number of ether oxygens (including phenoxy) is 1. The van der Waals surface area contributed by atoms with Gasteiger partial charge in [-0.1, -0.05) is 0 Å². The lowest BCUT2D eigenvalue weighted by Gasteiger charge is -2.07. The van der Waals surface area contributed by atoms with E-state index < -0.39 is 18.0 Å². The summed E-state index contributed by atoms with van der Waals surface area (Å²) in [5, 5.41) is 2.46. The van der Waals surface area contributed by atoms with Crippen LogP contribution in [0.3, 0.4) is 0 Å². The van der Waals surface area contributed by atoms with Crippen molar-refractivity contribution in [1.29, 1.82) is 0 Å². The molecule has 1 saturated heterocycles. The van der Waals surface area contributed by atoms with E-state index in [4.69, 9.17) is 0 Å². The minimum atomic E-state index is -0.808. The molecule has 16 heavy (non-hydrogen) atoms. The lowest BCUT2D eigenvalue weighted by molar-refractivity contribution is -0.153. The van der Waals surface area contributed by atoms with E-state index in [9.17, 15) is 14.4 Å². The maximum atomic E-state index is 11.3. The van der Waals surface area contributed by atoms with E-state index in [1.165, 1.54) is 0 Å². The van der Waals surface area contributed by atoms with Gasteiger partial charge in [0.1, 0.15) is 6.04 Å². The Bertz CT molecular complexity index is 314. The molecule has 1 aliphatic rings. The van der Waals surface area contributed by atoms with Gasteiger partial charge in [-0.05, 0) is 19.6 Å². The molecule has 1 fully saturated rings. The molecule has 1 N–H and O–H groups in total. The van der Waals surface area contributed by atoms with Gasteiger partial charge in [-0.25, -0.2) is 4.79 Å². The van der Waals surface area contributed by atoms with Crippen LogP contribution in [0.5, 0.6) is 0 Å². The van der Waals surface area contributed by atoms with Crippen LogP contribution < -0.4 is 5.32 Å². The molecule has 88 valence electrons. The monoisotopic (exact) mass is 226 g/mol. The van der Waals surface area contributed by atoms with Crippen molar-refractivity contribution >= 4 is 24.6 Å². The van der Waals surface area contributed by atoms with Gasteiger partial charge in [-0.15, -0.1) is 0 Å². The summed E-state index contributed by atoms with van der Waals surface area (Å²) in [4.78, 5) is 36.7. The van der Waals surface area contributed by atoms with Crippen LogP contribution >= 0.6 is 0 Å². The van der Waals surface area contributed by atoms with Gasteiger partial charge in [-0.3, -0.25) is 9.59 Å². The molecule has 0 aromatic heterocycles. The molecule has 6 heteroatoms. The zero-order valence-corrected chi connectivity index (χ0v) is 8.90. The fourth-order valence-electron chi connectivity index (χ4n) is 1.36. The third-order valence-corrected chi connectivity index (χ3v) is 2.18. The molecule has 0 aromatic rings. The highest BCUT2D eigenvalue weighted by Gasteiger charge is 2.34. The Hall–Kier alpha value is -1.72. The predicted octanol–water partition coefficient (Wildman–Crippen LogP) is -0.184. The van der Waals surface area contributed by atoms with Gasteiger partial charge in [0.15, 0.2) is 0 Å². The van der Waals surface area contributed by atoms with Crippen molar-refractivity contribution in [3.63, 3.8) is 0 Å². The number of hydrogen-bond donors (Lipinski definition) is 1. The fourth-order valence-corrected chi connectivity index (χ4v) is 1.36. The smallest absolute Gasteiger partial charge is 0.336 e. The van der Waals surface area contributed by atoms with Crippen LogP contribution in [0.1, 0.15) is 25.7 Å². The molecule has 0 saturated carbocycles. The number of esters is 2. The second kappa shape index (κ2) is 5.99. The van der Waals surface area contributed by atoms with Gasteiger partial charge in [0.05, 0.1) is 6.42 Å². The average Bonchev–Trinajstić information content (AvgIpc) is 2.52. The second-order valence-electron chi connectivity index (χ2n) is 3.52. The van der Waals surface area contributed by atoms with Gasteiger partial charge in [0.2, 0.25) is 5.91 Å².